The van der Waals surface area contributed by atoms with Crippen LogP contribution in [0.2, 0.25) is 5.15 Å². The Morgan fingerprint density at radius 2 is 2.00 bits per heavy atom. The Kier molecular flexibility index (Phi) is 3.34. The highest BCUT2D eigenvalue weighted by Crippen LogP contribution is 2.24. The van der Waals surface area contributed by atoms with Gasteiger partial charge in [-0.1, -0.05) is 18.5 Å². The lowest BCUT2D eigenvalue weighted by atomic mass is 10.2. The van der Waals surface area contributed by atoms with Gasteiger partial charge < -0.3 is 0 Å². The molecule has 2 rings (SSSR count). The summed E-state index contributed by atoms with van der Waals surface area (Å²) in [7, 11) is 0. The molecule has 1 heterocycles. The second kappa shape index (κ2) is 4.78. The molecule has 0 aliphatic carbocycles. The minimum atomic E-state index is -0.433. The van der Waals surface area contributed by atoms with Crippen LogP contribution in [0.25, 0.3) is 5.69 Å². The van der Waals surface area contributed by atoms with Gasteiger partial charge in [0.2, 0.25) is 0 Å². The molecule has 2 aromatic rings. The molecule has 5 nitrogen and oxygen atoms in total. The van der Waals surface area contributed by atoms with Crippen molar-refractivity contribution in [2.45, 2.75) is 20.3 Å². The molecule has 1 aromatic carbocycles. The lowest BCUT2D eigenvalue weighted by Gasteiger charge is -2.02. The molecule has 0 amide bonds. The molecule has 0 radical (unpaired) electrons. The highest BCUT2D eigenvalue weighted by Gasteiger charge is 2.13. The number of benzene rings is 1. The summed E-state index contributed by atoms with van der Waals surface area (Å²) in [5.74, 6) is 0. The van der Waals surface area contributed by atoms with Gasteiger partial charge in [0.05, 0.1) is 16.3 Å². The fourth-order valence-electron chi connectivity index (χ4n) is 1.74. The maximum Gasteiger partial charge on any atom is 0.269 e. The number of hydrogen-bond acceptors (Lipinski definition) is 3. The minimum absolute atomic E-state index is 0.0504. The average molecular weight is 266 g/mol. The van der Waals surface area contributed by atoms with E-state index >= 15 is 0 Å². The normalized spacial score (nSPS) is 10.6. The molecule has 6 heteroatoms. The highest BCUT2D eigenvalue weighted by atomic mass is 35.5. The number of halogens is 1. The zero-order chi connectivity index (χ0) is 13.3. The predicted octanol–water partition coefficient (Wildman–Crippen LogP) is 3.30. The van der Waals surface area contributed by atoms with E-state index < -0.39 is 4.92 Å². The fourth-order valence-corrected chi connectivity index (χ4v) is 1.98. The Morgan fingerprint density at radius 1 is 1.39 bits per heavy atom. The summed E-state index contributed by atoms with van der Waals surface area (Å²) in [5, 5.41) is 15.5. The molecule has 0 bridgehead atoms. The Morgan fingerprint density at radius 3 is 2.44 bits per heavy atom. The maximum absolute atomic E-state index is 10.6. The van der Waals surface area contributed by atoms with Crippen LogP contribution in [-0.4, -0.2) is 14.7 Å². The Balaban J connectivity index is 2.45. The van der Waals surface area contributed by atoms with Crippen LogP contribution >= 0.6 is 11.6 Å². The lowest BCUT2D eigenvalue weighted by molar-refractivity contribution is -0.384. The minimum Gasteiger partial charge on any atom is -0.258 e. The highest BCUT2D eigenvalue weighted by molar-refractivity contribution is 6.30. The summed E-state index contributed by atoms with van der Waals surface area (Å²) in [6, 6.07) is 6.15. The number of nitro groups is 1. The van der Waals surface area contributed by atoms with Gasteiger partial charge in [-0.2, -0.15) is 5.10 Å². The molecule has 1 aromatic heterocycles. The molecule has 0 aliphatic rings. The smallest absolute Gasteiger partial charge is 0.258 e. The van der Waals surface area contributed by atoms with Gasteiger partial charge in [0, 0.05) is 17.7 Å². The van der Waals surface area contributed by atoms with Gasteiger partial charge in [-0.15, -0.1) is 0 Å². The van der Waals surface area contributed by atoms with Crippen LogP contribution in [0, 0.1) is 17.0 Å². The van der Waals surface area contributed by atoms with E-state index in [0.29, 0.717) is 10.8 Å². The van der Waals surface area contributed by atoms with Crippen LogP contribution in [-0.2, 0) is 6.42 Å². The van der Waals surface area contributed by atoms with Crippen molar-refractivity contribution in [2.75, 3.05) is 0 Å². The van der Waals surface area contributed by atoms with Crippen molar-refractivity contribution in [3.63, 3.8) is 0 Å². The summed E-state index contributed by atoms with van der Waals surface area (Å²) in [6.45, 7) is 3.92. The molecular formula is C12H12ClN3O2. The Hall–Kier alpha value is -1.88. The molecule has 0 saturated heterocycles. The number of aromatic nitrogens is 2. The Bertz CT molecular complexity index is 590. The molecule has 0 saturated carbocycles. The second-order valence-electron chi connectivity index (χ2n) is 3.90. The van der Waals surface area contributed by atoms with Gasteiger partial charge in [-0.05, 0) is 25.5 Å². The number of hydrogen-bond donors (Lipinski definition) is 0. The molecule has 0 fully saturated rings. The molecule has 94 valence electrons. The molecule has 0 spiro atoms. The molecule has 0 atom stereocenters. The third-order valence-electron chi connectivity index (χ3n) is 2.79. The summed E-state index contributed by atoms with van der Waals surface area (Å²) in [6.07, 6.45) is 0.797. The van der Waals surface area contributed by atoms with Crippen LogP contribution in [0.3, 0.4) is 0 Å². The zero-order valence-corrected chi connectivity index (χ0v) is 10.8. The van der Waals surface area contributed by atoms with Crippen molar-refractivity contribution in [1.82, 2.24) is 9.78 Å². The van der Waals surface area contributed by atoms with Crippen LogP contribution in [0.4, 0.5) is 5.69 Å². The first kappa shape index (κ1) is 12.6. The number of aryl methyl sites for hydroxylation is 1. The summed E-state index contributed by atoms with van der Waals surface area (Å²) >= 11 is 6.20. The summed E-state index contributed by atoms with van der Waals surface area (Å²) in [5.41, 5.74) is 2.64. The van der Waals surface area contributed by atoms with Crippen molar-refractivity contribution in [2.24, 2.45) is 0 Å². The molecule has 18 heavy (non-hydrogen) atoms. The maximum atomic E-state index is 10.6. The van der Waals surface area contributed by atoms with Gasteiger partial charge >= 0.3 is 0 Å². The van der Waals surface area contributed by atoms with Gasteiger partial charge in [-0.3, -0.25) is 10.1 Å². The standard InChI is InChI=1S/C12H12ClN3O2/c1-3-11-8(2)12(13)15(14-11)9-4-6-10(7-5-9)16(17)18/h4-7H,3H2,1-2H3. The third kappa shape index (κ3) is 2.09. The number of rotatable bonds is 3. The van der Waals surface area contributed by atoms with Crippen LogP contribution in [0.15, 0.2) is 24.3 Å². The first-order chi connectivity index (χ1) is 8.54. The summed E-state index contributed by atoms with van der Waals surface area (Å²) in [4.78, 5) is 10.1. The van der Waals surface area contributed by atoms with E-state index in [4.69, 9.17) is 11.6 Å². The quantitative estimate of drug-likeness (QED) is 0.632. The van der Waals surface area contributed by atoms with Crippen molar-refractivity contribution >= 4 is 17.3 Å². The molecule has 0 N–H and O–H groups in total. The lowest BCUT2D eigenvalue weighted by Crippen LogP contribution is -1.97. The van der Waals surface area contributed by atoms with Crippen LogP contribution in [0.1, 0.15) is 18.2 Å². The second-order valence-corrected chi connectivity index (χ2v) is 4.26. The van der Waals surface area contributed by atoms with Crippen LogP contribution < -0.4 is 0 Å². The topological polar surface area (TPSA) is 61.0 Å². The largest absolute Gasteiger partial charge is 0.269 e. The van der Waals surface area contributed by atoms with Gasteiger partial charge in [0.15, 0.2) is 0 Å². The van der Waals surface area contributed by atoms with E-state index in [-0.39, 0.29) is 5.69 Å². The van der Waals surface area contributed by atoms with Gasteiger partial charge in [-0.25, -0.2) is 4.68 Å². The third-order valence-corrected chi connectivity index (χ3v) is 3.23. The van der Waals surface area contributed by atoms with Crippen molar-refractivity contribution in [3.8, 4) is 5.69 Å². The van der Waals surface area contributed by atoms with E-state index in [2.05, 4.69) is 5.10 Å². The van der Waals surface area contributed by atoms with Crippen molar-refractivity contribution < 1.29 is 4.92 Å². The van der Waals surface area contributed by atoms with Gasteiger partial charge in [0.25, 0.3) is 5.69 Å². The van der Waals surface area contributed by atoms with E-state index in [1.165, 1.54) is 12.1 Å². The first-order valence-electron chi connectivity index (χ1n) is 5.53. The number of non-ortho nitro benzene ring substituents is 1. The van der Waals surface area contributed by atoms with Crippen LogP contribution in [0.5, 0.6) is 0 Å². The average Bonchev–Trinajstić information content (AvgIpc) is 2.66. The Labute approximate surface area is 109 Å². The molecule has 0 unspecified atom stereocenters. The SMILES string of the molecule is CCc1nn(-c2ccc([N+](=O)[O-])cc2)c(Cl)c1C. The molecular weight excluding hydrogens is 254 g/mol. The molecule has 0 aliphatic heterocycles. The zero-order valence-electron chi connectivity index (χ0n) is 10.1. The predicted molar refractivity (Wildman–Crippen MR) is 69.3 cm³/mol. The van der Waals surface area contributed by atoms with Crippen molar-refractivity contribution in [1.29, 1.82) is 0 Å². The van der Waals surface area contributed by atoms with Gasteiger partial charge in [0.1, 0.15) is 5.15 Å². The van der Waals surface area contributed by atoms with Crippen molar-refractivity contribution in [3.05, 3.63) is 50.8 Å². The fraction of sp³-hybridized carbons (Fsp3) is 0.250. The number of nitro benzene ring substituents is 1. The first-order valence-corrected chi connectivity index (χ1v) is 5.91. The van der Waals surface area contributed by atoms with E-state index in [1.54, 1.807) is 16.8 Å². The van der Waals surface area contributed by atoms with E-state index in [9.17, 15) is 10.1 Å². The van der Waals surface area contributed by atoms with E-state index in [1.807, 2.05) is 13.8 Å². The van der Waals surface area contributed by atoms with E-state index in [0.717, 1.165) is 17.7 Å². The monoisotopic (exact) mass is 265 g/mol. The summed E-state index contributed by atoms with van der Waals surface area (Å²) < 4.78 is 1.60. The number of nitrogens with zero attached hydrogens (tertiary/aromatic N) is 3.